The van der Waals surface area contributed by atoms with Crippen molar-refractivity contribution in [1.29, 1.82) is 0 Å². The van der Waals surface area contributed by atoms with Crippen LogP contribution in [0.3, 0.4) is 0 Å². The number of ether oxygens (including phenoxy) is 2. The van der Waals surface area contributed by atoms with Gasteiger partial charge in [-0.1, -0.05) is 6.07 Å². The summed E-state index contributed by atoms with van der Waals surface area (Å²) in [5, 5.41) is 8.20. The monoisotopic (exact) mass is 366 g/mol. The minimum Gasteiger partial charge on any atom is -0.486 e. The summed E-state index contributed by atoms with van der Waals surface area (Å²) in [6.45, 7) is 5.45. The zero-order chi connectivity index (χ0) is 19.0. The Morgan fingerprint density at radius 2 is 1.96 bits per heavy atom. The lowest BCUT2D eigenvalue weighted by Crippen LogP contribution is -2.26. The molecule has 140 valence electrons. The molecule has 0 atom stereocenters. The number of aromatic nitrogens is 3. The Bertz CT molecular complexity index is 1030. The molecule has 1 aliphatic rings. The van der Waals surface area contributed by atoms with Gasteiger partial charge in [-0.05, 0) is 44.0 Å². The fourth-order valence-corrected chi connectivity index (χ4v) is 3.41. The van der Waals surface area contributed by atoms with E-state index in [-0.39, 0.29) is 5.91 Å². The maximum Gasteiger partial charge on any atom is 0.252 e. The minimum atomic E-state index is -0.112. The predicted molar refractivity (Wildman–Crippen MR) is 101 cm³/mol. The van der Waals surface area contributed by atoms with Crippen LogP contribution in [0.15, 0.2) is 24.3 Å². The molecule has 0 radical (unpaired) electrons. The lowest BCUT2D eigenvalue weighted by molar-refractivity contribution is 0.0955. The van der Waals surface area contributed by atoms with Crippen LogP contribution in [0.4, 0.5) is 0 Å². The van der Waals surface area contributed by atoms with Gasteiger partial charge >= 0.3 is 0 Å². The molecule has 1 N–H and O–H groups in total. The number of hydrogen-bond acceptors (Lipinski definition) is 5. The molecule has 1 aliphatic heterocycles. The van der Waals surface area contributed by atoms with Crippen LogP contribution in [0.25, 0.3) is 11.0 Å². The molecule has 1 aromatic carbocycles. The van der Waals surface area contributed by atoms with Gasteiger partial charge in [-0.2, -0.15) is 5.10 Å². The fraction of sp³-hybridized carbons (Fsp3) is 0.350. The molecule has 1 amide bonds. The predicted octanol–water partition coefficient (Wildman–Crippen LogP) is 2.33. The van der Waals surface area contributed by atoms with Crippen molar-refractivity contribution >= 4 is 16.9 Å². The summed E-state index contributed by atoms with van der Waals surface area (Å²) in [4.78, 5) is 17.3. The molecule has 2 aromatic heterocycles. The van der Waals surface area contributed by atoms with Gasteiger partial charge in [0.05, 0.1) is 16.6 Å². The van der Waals surface area contributed by atoms with Crippen LogP contribution in [0.1, 0.15) is 27.3 Å². The van der Waals surface area contributed by atoms with E-state index in [0.29, 0.717) is 31.7 Å². The molecule has 0 unspecified atom stereocenters. The normalized spacial score (nSPS) is 13.0. The standard InChI is InChI=1S/C20H22N4O3/c1-12-10-15(18-13(2)23-24(3)19(18)22-12)20(25)21-7-6-14-4-5-16-17(11-14)27-9-8-26-16/h4-5,10-11H,6-9H2,1-3H3,(H,21,25). The highest BCUT2D eigenvalue weighted by atomic mass is 16.6. The van der Waals surface area contributed by atoms with E-state index in [1.807, 2.05) is 45.2 Å². The van der Waals surface area contributed by atoms with Crippen molar-refractivity contribution in [3.63, 3.8) is 0 Å². The Balaban J connectivity index is 1.48. The molecule has 0 spiro atoms. The highest BCUT2D eigenvalue weighted by Crippen LogP contribution is 2.30. The Morgan fingerprint density at radius 3 is 2.78 bits per heavy atom. The van der Waals surface area contributed by atoms with Gasteiger partial charge in [-0.25, -0.2) is 4.98 Å². The first-order valence-electron chi connectivity index (χ1n) is 9.00. The number of pyridine rings is 1. The zero-order valence-corrected chi connectivity index (χ0v) is 15.7. The molecule has 0 saturated heterocycles. The van der Waals surface area contributed by atoms with Crippen molar-refractivity contribution in [2.24, 2.45) is 7.05 Å². The minimum absolute atomic E-state index is 0.112. The molecule has 0 fully saturated rings. The lowest BCUT2D eigenvalue weighted by Gasteiger charge is -2.18. The molecule has 7 heteroatoms. The first-order valence-corrected chi connectivity index (χ1v) is 9.00. The van der Waals surface area contributed by atoms with E-state index in [4.69, 9.17) is 9.47 Å². The van der Waals surface area contributed by atoms with Gasteiger partial charge in [0.2, 0.25) is 0 Å². The molecule has 3 aromatic rings. The summed E-state index contributed by atoms with van der Waals surface area (Å²) in [6.07, 6.45) is 0.710. The number of carbonyl (C=O) groups excluding carboxylic acids is 1. The van der Waals surface area contributed by atoms with Crippen molar-refractivity contribution in [2.45, 2.75) is 20.3 Å². The van der Waals surface area contributed by atoms with Crippen LogP contribution in [0, 0.1) is 13.8 Å². The SMILES string of the molecule is Cc1cc(C(=O)NCCc2ccc3c(c2)OCCO3)c2c(C)nn(C)c2n1. The van der Waals surface area contributed by atoms with Crippen LogP contribution in [0.5, 0.6) is 11.5 Å². The number of fused-ring (bicyclic) bond motifs is 2. The van der Waals surface area contributed by atoms with Crippen molar-refractivity contribution in [1.82, 2.24) is 20.1 Å². The Labute approximate surface area is 157 Å². The third-order valence-corrected chi connectivity index (χ3v) is 4.65. The summed E-state index contributed by atoms with van der Waals surface area (Å²) in [5.41, 5.74) is 4.03. The van der Waals surface area contributed by atoms with Gasteiger partial charge in [0, 0.05) is 19.3 Å². The summed E-state index contributed by atoms with van der Waals surface area (Å²) >= 11 is 0. The van der Waals surface area contributed by atoms with E-state index in [0.717, 1.165) is 39.5 Å². The average molecular weight is 366 g/mol. The zero-order valence-electron chi connectivity index (χ0n) is 15.7. The van der Waals surface area contributed by atoms with Gasteiger partial charge in [0.15, 0.2) is 17.1 Å². The van der Waals surface area contributed by atoms with E-state index in [1.54, 1.807) is 4.68 Å². The van der Waals surface area contributed by atoms with Crippen LogP contribution in [-0.4, -0.2) is 40.4 Å². The summed E-state index contributed by atoms with van der Waals surface area (Å²) < 4.78 is 12.9. The number of aryl methyl sites for hydroxylation is 3. The summed E-state index contributed by atoms with van der Waals surface area (Å²) in [7, 11) is 1.84. The highest BCUT2D eigenvalue weighted by molar-refractivity contribution is 6.06. The second-order valence-corrected chi connectivity index (χ2v) is 6.70. The van der Waals surface area contributed by atoms with Crippen molar-refractivity contribution in [3.8, 4) is 11.5 Å². The van der Waals surface area contributed by atoms with Crippen LogP contribution in [-0.2, 0) is 13.5 Å². The van der Waals surface area contributed by atoms with E-state index >= 15 is 0 Å². The maximum absolute atomic E-state index is 12.8. The van der Waals surface area contributed by atoms with E-state index in [1.165, 1.54) is 0 Å². The lowest BCUT2D eigenvalue weighted by atomic mass is 10.1. The second-order valence-electron chi connectivity index (χ2n) is 6.70. The number of hydrogen-bond donors (Lipinski definition) is 1. The Morgan fingerprint density at radius 1 is 1.19 bits per heavy atom. The molecule has 0 bridgehead atoms. The molecule has 27 heavy (non-hydrogen) atoms. The van der Waals surface area contributed by atoms with Gasteiger partial charge in [0.25, 0.3) is 5.91 Å². The molecule has 7 nitrogen and oxygen atoms in total. The van der Waals surface area contributed by atoms with Gasteiger partial charge in [0.1, 0.15) is 13.2 Å². The Hall–Kier alpha value is -3.09. The third-order valence-electron chi connectivity index (χ3n) is 4.65. The molecule has 4 rings (SSSR count). The van der Waals surface area contributed by atoms with Crippen LogP contribution in [0.2, 0.25) is 0 Å². The summed E-state index contributed by atoms with van der Waals surface area (Å²) in [5.74, 6) is 1.43. The van der Waals surface area contributed by atoms with Gasteiger partial charge in [-0.15, -0.1) is 0 Å². The van der Waals surface area contributed by atoms with E-state index in [2.05, 4.69) is 15.4 Å². The second kappa shape index (κ2) is 6.90. The third kappa shape index (κ3) is 3.32. The van der Waals surface area contributed by atoms with Crippen LogP contribution < -0.4 is 14.8 Å². The maximum atomic E-state index is 12.8. The molecule has 0 saturated carbocycles. The molecular weight excluding hydrogens is 344 g/mol. The number of benzene rings is 1. The fourth-order valence-electron chi connectivity index (χ4n) is 3.41. The first kappa shape index (κ1) is 17.3. The van der Waals surface area contributed by atoms with Gasteiger partial charge in [-0.3, -0.25) is 9.48 Å². The molecular formula is C20H22N4O3. The number of nitrogens with one attached hydrogen (secondary N) is 1. The summed E-state index contributed by atoms with van der Waals surface area (Å²) in [6, 6.07) is 7.71. The largest absolute Gasteiger partial charge is 0.486 e. The van der Waals surface area contributed by atoms with Crippen LogP contribution >= 0.6 is 0 Å². The van der Waals surface area contributed by atoms with Crippen molar-refractivity contribution in [3.05, 3.63) is 46.8 Å². The topological polar surface area (TPSA) is 78.3 Å². The quantitative estimate of drug-likeness (QED) is 0.767. The highest BCUT2D eigenvalue weighted by Gasteiger charge is 2.17. The number of carbonyl (C=O) groups is 1. The number of rotatable bonds is 4. The molecule has 3 heterocycles. The smallest absolute Gasteiger partial charge is 0.252 e. The average Bonchev–Trinajstić information content (AvgIpc) is 2.94. The number of nitrogens with zero attached hydrogens (tertiary/aromatic N) is 3. The number of amides is 1. The van der Waals surface area contributed by atoms with Gasteiger partial charge < -0.3 is 14.8 Å². The van der Waals surface area contributed by atoms with Crippen molar-refractivity contribution in [2.75, 3.05) is 19.8 Å². The molecule has 0 aliphatic carbocycles. The van der Waals surface area contributed by atoms with Crippen molar-refractivity contribution < 1.29 is 14.3 Å². The van der Waals surface area contributed by atoms with E-state index in [9.17, 15) is 4.79 Å². The van der Waals surface area contributed by atoms with E-state index < -0.39 is 0 Å². The Kier molecular flexibility index (Phi) is 4.43. The first-order chi connectivity index (χ1) is 13.0.